The van der Waals surface area contributed by atoms with E-state index in [0.29, 0.717) is 18.8 Å². The average molecular weight is 328 g/mol. The number of hydrogen-bond acceptors (Lipinski definition) is 6. The maximum atomic E-state index is 12.5. The highest BCUT2D eigenvalue weighted by molar-refractivity contribution is 7.89. The van der Waals surface area contributed by atoms with Crippen LogP contribution in [0.3, 0.4) is 0 Å². The molecule has 1 N–H and O–H groups in total. The Morgan fingerprint density at radius 1 is 1.29 bits per heavy atom. The summed E-state index contributed by atoms with van der Waals surface area (Å²) in [4.78, 5) is 10.8. The van der Waals surface area contributed by atoms with Crippen molar-refractivity contribution in [3.8, 4) is 0 Å². The van der Waals surface area contributed by atoms with Crippen LogP contribution in [0.2, 0.25) is 0 Å². The Hall–Kier alpha value is -1.38. The van der Waals surface area contributed by atoms with Crippen molar-refractivity contribution in [1.29, 1.82) is 0 Å². The summed E-state index contributed by atoms with van der Waals surface area (Å²) in [5.41, 5.74) is 0.409. The van der Waals surface area contributed by atoms with Crippen LogP contribution < -0.4 is 10.4 Å². The third-order valence-corrected chi connectivity index (χ3v) is 5.56. The number of carbonyl (C=O) groups excluding carboxylic acids is 1. The third-order valence-electron chi connectivity index (χ3n) is 3.33. The first kappa shape index (κ1) is 16.0. The van der Waals surface area contributed by atoms with Crippen LogP contribution in [0.1, 0.15) is 19.3 Å². The molecule has 0 aliphatic carbocycles. The van der Waals surface area contributed by atoms with Gasteiger partial charge in [0, 0.05) is 18.8 Å². The number of benzene rings is 1. The summed E-state index contributed by atoms with van der Waals surface area (Å²) in [5.74, 6) is -1.26. The van der Waals surface area contributed by atoms with Gasteiger partial charge in [-0.25, -0.2) is 8.42 Å². The van der Waals surface area contributed by atoms with Crippen molar-refractivity contribution in [1.82, 2.24) is 4.31 Å². The molecule has 0 radical (unpaired) electrons. The Morgan fingerprint density at radius 2 is 1.95 bits per heavy atom. The van der Waals surface area contributed by atoms with Crippen LogP contribution in [0.4, 0.5) is 5.69 Å². The van der Waals surface area contributed by atoms with Crippen LogP contribution in [0, 0.1) is 0 Å². The van der Waals surface area contributed by atoms with E-state index >= 15 is 0 Å². The summed E-state index contributed by atoms with van der Waals surface area (Å²) >= 11 is 5.10. The minimum atomic E-state index is -3.52. The fraction of sp³-hybridized carbons (Fsp3) is 0.462. The molecule has 0 amide bonds. The molecule has 0 spiro atoms. The molecule has 0 atom stereocenters. The van der Waals surface area contributed by atoms with Gasteiger partial charge in [0.25, 0.3) is 0 Å². The van der Waals surface area contributed by atoms with Crippen molar-refractivity contribution in [3.63, 3.8) is 0 Å². The van der Waals surface area contributed by atoms with Crippen molar-refractivity contribution in [2.45, 2.75) is 29.1 Å². The van der Waals surface area contributed by atoms with Crippen molar-refractivity contribution in [2.24, 2.45) is 0 Å². The molecule has 8 heteroatoms. The van der Waals surface area contributed by atoms with Crippen molar-refractivity contribution in [3.05, 3.63) is 18.2 Å². The predicted molar refractivity (Wildman–Crippen MR) is 78.2 cm³/mol. The highest BCUT2D eigenvalue weighted by Gasteiger charge is 2.25. The van der Waals surface area contributed by atoms with E-state index in [4.69, 9.17) is 12.6 Å². The van der Waals surface area contributed by atoms with E-state index in [9.17, 15) is 18.3 Å². The maximum absolute atomic E-state index is 12.5. The van der Waals surface area contributed by atoms with E-state index in [1.165, 1.54) is 22.5 Å². The first-order valence-electron chi connectivity index (χ1n) is 6.66. The number of rotatable bonds is 5. The van der Waals surface area contributed by atoms with Crippen molar-refractivity contribution in [2.75, 3.05) is 25.0 Å². The molecule has 1 aromatic rings. The second kappa shape index (κ2) is 6.59. The van der Waals surface area contributed by atoms with Crippen LogP contribution >= 0.6 is 0 Å². The van der Waals surface area contributed by atoms with Gasteiger partial charge in [0.05, 0.1) is 17.4 Å². The van der Waals surface area contributed by atoms with E-state index in [1.54, 1.807) is 0 Å². The number of piperidine rings is 1. The normalized spacial score (nSPS) is 16.6. The molecule has 1 fully saturated rings. The number of nitrogens with zero attached hydrogens (tertiary/aromatic N) is 1. The number of aliphatic carboxylic acids is 1. The van der Waals surface area contributed by atoms with Crippen LogP contribution in [-0.4, -0.2) is 38.3 Å². The highest BCUT2D eigenvalue weighted by atomic mass is 32.2. The van der Waals surface area contributed by atoms with Gasteiger partial charge in [0.1, 0.15) is 0 Å². The van der Waals surface area contributed by atoms with Gasteiger partial charge in [-0.15, -0.1) is 0 Å². The van der Waals surface area contributed by atoms with Gasteiger partial charge in [-0.3, -0.25) is 0 Å². The maximum Gasteiger partial charge on any atom is 0.243 e. The van der Waals surface area contributed by atoms with Gasteiger partial charge in [-0.1, -0.05) is 12.5 Å². The zero-order valence-electron chi connectivity index (χ0n) is 11.4. The number of anilines is 1. The Morgan fingerprint density at radius 3 is 2.52 bits per heavy atom. The lowest BCUT2D eigenvalue weighted by atomic mass is 10.2. The SMILES string of the molecule is O=C([O-])CNc1ccc(S(=O)(=O)N2CCCCC2)cc1[S-]. The molecule has 1 aliphatic rings. The molecule has 1 saturated heterocycles. The topological polar surface area (TPSA) is 89.5 Å². The number of carbonyl (C=O) groups is 1. The monoisotopic (exact) mass is 328 g/mol. The number of carboxylic acids is 1. The second-order valence-corrected chi connectivity index (χ2v) is 7.23. The molecular formula is C13H16N2O4S2-2. The van der Waals surface area contributed by atoms with Crippen LogP contribution in [0.5, 0.6) is 0 Å². The van der Waals surface area contributed by atoms with Gasteiger partial charge in [0.2, 0.25) is 10.0 Å². The number of sulfonamides is 1. The van der Waals surface area contributed by atoms with E-state index in [2.05, 4.69) is 5.32 Å². The highest BCUT2D eigenvalue weighted by Crippen LogP contribution is 2.24. The average Bonchev–Trinajstić information content (AvgIpc) is 2.46. The van der Waals surface area contributed by atoms with Gasteiger partial charge in [-0.2, -0.15) is 9.20 Å². The minimum Gasteiger partial charge on any atom is -0.778 e. The van der Waals surface area contributed by atoms with E-state index in [-0.39, 0.29) is 16.3 Å². The summed E-state index contributed by atoms with van der Waals surface area (Å²) in [6, 6.07) is 4.32. The lowest BCUT2D eigenvalue weighted by Crippen LogP contribution is -2.35. The van der Waals surface area contributed by atoms with Gasteiger partial charge < -0.3 is 27.8 Å². The summed E-state index contributed by atoms with van der Waals surface area (Å²) in [6.45, 7) is 0.682. The Balaban J connectivity index is 2.20. The Kier molecular flexibility index (Phi) is 5.02. The second-order valence-electron chi connectivity index (χ2n) is 4.85. The molecule has 21 heavy (non-hydrogen) atoms. The fourth-order valence-corrected chi connectivity index (χ4v) is 4.12. The summed E-state index contributed by atoms with van der Waals surface area (Å²) in [5, 5.41) is 13.0. The molecule has 1 aliphatic heterocycles. The first-order chi connectivity index (χ1) is 9.91. The van der Waals surface area contributed by atoms with Crippen molar-refractivity contribution < 1.29 is 18.3 Å². The van der Waals surface area contributed by atoms with Gasteiger partial charge >= 0.3 is 0 Å². The quantitative estimate of drug-likeness (QED) is 0.761. The smallest absolute Gasteiger partial charge is 0.243 e. The third kappa shape index (κ3) is 3.84. The Labute approximate surface area is 129 Å². The van der Waals surface area contributed by atoms with Crippen LogP contribution in [0.15, 0.2) is 28.0 Å². The molecule has 0 saturated carbocycles. The molecular weight excluding hydrogens is 312 g/mol. The molecule has 0 aromatic heterocycles. The molecule has 1 heterocycles. The molecule has 0 bridgehead atoms. The molecule has 1 aromatic carbocycles. The number of nitrogens with one attached hydrogen (secondary N) is 1. The van der Waals surface area contributed by atoms with Crippen molar-refractivity contribution >= 4 is 34.3 Å². The molecule has 6 nitrogen and oxygen atoms in total. The number of hydrogen-bond donors (Lipinski definition) is 1. The van der Waals surface area contributed by atoms with E-state index in [1.807, 2.05) is 0 Å². The summed E-state index contributed by atoms with van der Waals surface area (Å²) < 4.78 is 26.4. The standard InChI is InChI=1S/C13H18N2O4S2/c16-13(17)9-14-11-5-4-10(8-12(11)20)21(18,19)15-6-2-1-3-7-15/h4-5,8,14,20H,1-3,6-7,9H2,(H,16,17)/p-2. The molecule has 2 rings (SSSR count). The lowest BCUT2D eigenvalue weighted by Gasteiger charge is -2.27. The van der Waals surface area contributed by atoms with Crippen LogP contribution in [-0.2, 0) is 27.4 Å². The van der Waals surface area contributed by atoms with Gasteiger partial charge in [-0.05, 0) is 25.0 Å². The zero-order valence-corrected chi connectivity index (χ0v) is 13.0. The van der Waals surface area contributed by atoms with Crippen LogP contribution in [0.25, 0.3) is 0 Å². The van der Waals surface area contributed by atoms with Gasteiger partial charge in [0.15, 0.2) is 0 Å². The van der Waals surface area contributed by atoms with E-state index in [0.717, 1.165) is 19.3 Å². The number of carboxylic acid groups (broad SMARTS) is 1. The largest absolute Gasteiger partial charge is 0.778 e. The minimum absolute atomic E-state index is 0.147. The summed E-state index contributed by atoms with van der Waals surface area (Å²) in [6.07, 6.45) is 2.78. The van der Waals surface area contributed by atoms with E-state index < -0.39 is 16.0 Å². The lowest BCUT2D eigenvalue weighted by molar-refractivity contribution is -0.302. The molecule has 116 valence electrons. The zero-order chi connectivity index (χ0) is 15.5. The summed E-state index contributed by atoms with van der Waals surface area (Å²) in [7, 11) is -3.52. The fourth-order valence-electron chi connectivity index (χ4n) is 2.23. The molecule has 0 unspecified atom stereocenters. The predicted octanol–water partition coefficient (Wildman–Crippen LogP) is -0.0712. The Bertz CT molecular complexity index is 625. The first-order valence-corrected chi connectivity index (χ1v) is 8.51.